The minimum atomic E-state index is -0.290. The molecule has 0 atom stereocenters. The summed E-state index contributed by atoms with van der Waals surface area (Å²) in [4.78, 5) is 23.2. The van der Waals surface area contributed by atoms with E-state index in [1.54, 1.807) is 12.1 Å². The van der Waals surface area contributed by atoms with Crippen molar-refractivity contribution < 1.29 is 19.1 Å². The van der Waals surface area contributed by atoms with E-state index in [4.69, 9.17) is 9.47 Å². The number of hydrogen-bond donors (Lipinski definition) is 1. The Balaban J connectivity index is 2.12. The Bertz CT molecular complexity index is 798. The average molecular weight is 471 g/mol. The molecule has 2 rings (SSSR count). The summed E-state index contributed by atoms with van der Waals surface area (Å²) in [6.07, 6.45) is 0.711. The highest BCUT2D eigenvalue weighted by Crippen LogP contribution is 2.36. The number of anilines is 1. The number of hydrogen-bond acceptors (Lipinski definition) is 4. The summed E-state index contributed by atoms with van der Waals surface area (Å²) in [5.74, 6) is 0.453. The van der Waals surface area contributed by atoms with Crippen molar-refractivity contribution in [2.75, 3.05) is 19.0 Å². The summed E-state index contributed by atoms with van der Waals surface area (Å²) in [5, 5.41) is 2.86. The van der Waals surface area contributed by atoms with Crippen molar-refractivity contribution in [1.29, 1.82) is 0 Å². The number of amides is 1. The van der Waals surface area contributed by atoms with Gasteiger partial charge in [-0.05, 0) is 65.2 Å². The van der Waals surface area contributed by atoms with Gasteiger partial charge in [0.2, 0.25) is 0 Å². The Hall–Kier alpha value is -1.86. The molecule has 0 fully saturated rings. The van der Waals surface area contributed by atoms with E-state index < -0.39 is 0 Å². The van der Waals surface area contributed by atoms with Crippen LogP contribution in [0.2, 0.25) is 0 Å². The first-order valence-corrected chi connectivity index (χ1v) is 8.96. The van der Waals surface area contributed by atoms with Crippen LogP contribution in [0.25, 0.3) is 0 Å². The lowest BCUT2D eigenvalue weighted by Crippen LogP contribution is -2.21. The van der Waals surface area contributed by atoms with Crippen molar-refractivity contribution in [3.05, 3.63) is 49.9 Å². The second-order valence-corrected chi connectivity index (χ2v) is 7.17. The fourth-order valence-corrected chi connectivity index (χ4v) is 3.63. The molecule has 2 aromatic carbocycles. The van der Waals surface area contributed by atoms with E-state index in [1.807, 2.05) is 26.0 Å². The van der Waals surface area contributed by atoms with E-state index in [1.165, 1.54) is 7.11 Å². The predicted octanol–water partition coefficient (Wildman–Crippen LogP) is 4.67. The highest BCUT2D eigenvalue weighted by atomic mass is 79.9. The Kier molecular flexibility index (Phi) is 6.61. The molecule has 0 saturated heterocycles. The van der Waals surface area contributed by atoms with E-state index in [2.05, 4.69) is 37.2 Å². The Morgan fingerprint density at radius 1 is 1.16 bits per heavy atom. The maximum atomic E-state index is 12.2. The summed E-state index contributed by atoms with van der Waals surface area (Å²) in [5.41, 5.74) is 3.12. The van der Waals surface area contributed by atoms with Gasteiger partial charge in [0.15, 0.2) is 18.1 Å². The molecule has 25 heavy (non-hydrogen) atoms. The lowest BCUT2D eigenvalue weighted by atomic mass is 10.1. The second kappa shape index (κ2) is 8.49. The molecule has 2 aromatic rings. The smallest absolute Gasteiger partial charge is 0.262 e. The normalized spacial score (nSPS) is 10.3. The number of carbonyl (C=O) groups excluding carboxylic acids is 2. The molecule has 0 unspecified atom stereocenters. The van der Waals surface area contributed by atoms with Gasteiger partial charge in [0.1, 0.15) is 6.29 Å². The third-order valence-electron chi connectivity index (χ3n) is 3.50. The van der Waals surface area contributed by atoms with Crippen molar-refractivity contribution in [1.82, 2.24) is 0 Å². The summed E-state index contributed by atoms with van der Waals surface area (Å²) in [7, 11) is 1.47. The minimum absolute atomic E-state index is 0.190. The molecule has 1 amide bonds. The lowest BCUT2D eigenvalue weighted by molar-refractivity contribution is -0.118. The van der Waals surface area contributed by atoms with Gasteiger partial charge in [0.25, 0.3) is 5.91 Å². The monoisotopic (exact) mass is 469 g/mol. The standard InChI is InChI=1S/C18H17Br2NO4/c1-10-4-13(19)5-11(2)17(10)21-16(23)9-25-18-14(20)6-12(8-22)7-15(18)24-3/h4-8H,9H2,1-3H3,(H,21,23). The van der Waals surface area contributed by atoms with Crippen molar-refractivity contribution in [3.63, 3.8) is 0 Å². The Labute approximate surface area is 163 Å². The molecule has 0 aromatic heterocycles. The number of nitrogens with one attached hydrogen (secondary N) is 1. The zero-order valence-corrected chi connectivity index (χ0v) is 17.2. The SMILES string of the molecule is COc1cc(C=O)cc(Br)c1OCC(=O)Nc1c(C)cc(Br)cc1C. The first kappa shape index (κ1) is 19.5. The molecule has 0 aliphatic carbocycles. The Morgan fingerprint density at radius 2 is 1.80 bits per heavy atom. The number of aryl methyl sites for hydroxylation is 2. The number of benzene rings is 2. The zero-order chi connectivity index (χ0) is 18.6. The largest absolute Gasteiger partial charge is 0.493 e. The van der Waals surface area contributed by atoms with Gasteiger partial charge in [-0.2, -0.15) is 0 Å². The first-order valence-electron chi connectivity index (χ1n) is 7.37. The van der Waals surface area contributed by atoms with Gasteiger partial charge in [0.05, 0.1) is 11.6 Å². The quantitative estimate of drug-likeness (QED) is 0.623. The van der Waals surface area contributed by atoms with Crippen molar-refractivity contribution >= 4 is 49.7 Å². The van der Waals surface area contributed by atoms with Gasteiger partial charge in [0, 0.05) is 15.7 Å². The fourth-order valence-electron chi connectivity index (χ4n) is 2.37. The first-order chi connectivity index (χ1) is 11.8. The molecule has 0 spiro atoms. The number of ether oxygens (including phenoxy) is 2. The summed E-state index contributed by atoms with van der Waals surface area (Å²) in [6.45, 7) is 3.66. The molecule has 0 bridgehead atoms. The number of rotatable bonds is 6. The Morgan fingerprint density at radius 3 is 2.36 bits per heavy atom. The number of halogens is 2. The minimum Gasteiger partial charge on any atom is -0.493 e. The van der Waals surface area contributed by atoms with Gasteiger partial charge in [-0.15, -0.1) is 0 Å². The molecule has 0 heterocycles. The van der Waals surface area contributed by atoms with Crippen LogP contribution in [0.1, 0.15) is 21.5 Å². The second-order valence-electron chi connectivity index (χ2n) is 5.40. The van der Waals surface area contributed by atoms with Crippen molar-refractivity contribution in [3.8, 4) is 11.5 Å². The van der Waals surface area contributed by atoms with E-state index in [-0.39, 0.29) is 12.5 Å². The van der Waals surface area contributed by atoms with Crippen molar-refractivity contribution in [2.45, 2.75) is 13.8 Å². The molecule has 0 radical (unpaired) electrons. The molecule has 0 saturated carbocycles. The summed E-state index contributed by atoms with van der Waals surface area (Å²) in [6, 6.07) is 7.02. The topological polar surface area (TPSA) is 64.6 Å². The van der Waals surface area contributed by atoms with Crippen LogP contribution in [0.15, 0.2) is 33.2 Å². The third kappa shape index (κ3) is 4.83. The van der Waals surface area contributed by atoms with Crippen LogP contribution in [0.3, 0.4) is 0 Å². The molecule has 1 N–H and O–H groups in total. The number of carbonyl (C=O) groups is 2. The van der Waals surface area contributed by atoms with Crippen LogP contribution in [0, 0.1) is 13.8 Å². The van der Waals surface area contributed by atoms with E-state index in [0.29, 0.717) is 27.8 Å². The zero-order valence-electron chi connectivity index (χ0n) is 14.0. The predicted molar refractivity (Wildman–Crippen MR) is 104 cm³/mol. The number of methoxy groups -OCH3 is 1. The van der Waals surface area contributed by atoms with E-state index in [9.17, 15) is 9.59 Å². The highest BCUT2D eigenvalue weighted by molar-refractivity contribution is 9.10. The van der Waals surface area contributed by atoms with Crippen LogP contribution in [-0.4, -0.2) is 25.9 Å². The van der Waals surface area contributed by atoms with Crippen molar-refractivity contribution in [2.24, 2.45) is 0 Å². The molecular formula is C18H17Br2NO4. The third-order valence-corrected chi connectivity index (χ3v) is 4.54. The highest BCUT2D eigenvalue weighted by Gasteiger charge is 2.14. The van der Waals surface area contributed by atoms with Gasteiger partial charge in [-0.25, -0.2) is 0 Å². The van der Waals surface area contributed by atoms with Crippen LogP contribution in [0.4, 0.5) is 5.69 Å². The van der Waals surface area contributed by atoms with Crippen LogP contribution < -0.4 is 14.8 Å². The van der Waals surface area contributed by atoms with E-state index >= 15 is 0 Å². The summed E-state index contributed by atoms with van der Waals surface area (Å²) >= 11 is 6.76. The fraction of sp³-hybridized carbons (Fsp3) is 0.222. The van der Waals surface area contributed by atoms with E-state index in [0.717, 1.165) is 21.3 Å². The average Bonchev–Trinajstić information content (AvgIpc) is 2.56. The summed E-state index contributed by atoms with van der Waals surface area (Å²) < 4.78 is 12.3. The lowest BCUT2D eigenvalue weighted by Gasteiger charge is -2.15. The molecule has 132 valence electrons. The van der Waals surface area contributed by atoms with Gasteiger partial charge in [-0.3, -0.25) is 9.59 Å². The van der Waals surface area contributed by atoms with Gasteiger partial charge in [-0.1, -0.05) is 15.9 Å². The number of aldehydes is 1. The molecular weight excluding hydrogens is 454 g/mol. The molecule has 0 aliphatic heterocycles. The maximum absolute atomic E-state index is 12.2. The van der Waals surface area contributed by atoms with Crippen LogP contribution in [0.5, 0.6) is 11.5 Å². The van der Waals surface area contributed by atoms with Gasteiger partial charge >= 0.3 is 0 Å². The van der Waals surface area contributed by atoms with Crippen LogP contribution in [-0.2, 0) is 4.79 Å². The van der Waals surface area contributed by atoms with Gasteiger partial charge < -0.3 is 14.8 Å². The molecule has 5 nitrogen and oxygen atoms in total. The molecule has 0 aliphatic rings. The maximum Gasteiger partial charge on any atom is 0.262 e. The van der Waals surface area contributed by atoms with Crippen LogP contribution >= 0.6 is 31.9 Å². The molecule has 7 heteroatoms.